The Balaban J connectivity index is 1.33. The van der Waals surface area contributed by atoms with E-state index in [2.05, 4.69) is 14.8 Å². The van der Waals surface area contributed by atoms with Crippen LogP contribution in [0.5, 0.6) is 0 Å². The van der Waals surface area contributed by atoms with Gasteiger partial charge in [0.25, 0.3) is 10.0 Å². The van der Waals surface area contributed by atoms with E-state index in [1.807, 2.05) is 46.1 Å². The molecular weight excluding hydrogens is 426 g/mol. The van der Waals surface area contributed by atoms with Crippen molar-refractivity contribution in [2.45, 2.75) is 24.3 Å². The minimum Gasteiger partial charge on any atom is -0.355 e. The quantitative estimate of drug-likeness (QED) is 0.661. The van der Waals surface area contributed by atoms with E-state index in [1.54, 1.807) is 30.5 Å². The third-order valence-electron chi connectivity index (χ3n) is 5.87. The van der Waals surface area contributed by atoms with E-state index >= 15 is 0 Å². The van der Waals surface area contributed by atoms with Crippen LogP contribution in [-0.2, 0) is 21.4 Å². The molecule has 2 aliphatic heterocycles. The van der Waals surface area contributed by atoms with Gasteiger partial charge in [-0.2, -0.15) is 13.5 Å². The summed E-state index contributed by atoms with van der Waals surface area (Å²) in [4.78, 5) is 15.3. The van der Waals surface area contributed by atoms with Crippen LogP contribution >= 0.6 is 0 Å². The molecule has 3 aromatic rings. The lowest BCUT2D eigenvalue weighted by molar-refractivity contribution is -0.121. The van der Waals surface area contributed by atoms with Gasteiger partial charge in [0.1, 0.15) is 4.90 Å². The maximum absolute atomic E-state index is 13.1. The molecule has 3 heterocycles. The Labute approximate surface area is 186 Å². The van der Waals surface area contributed by atoms with E-state index in [4.69, 9.17) is 0 Å². The molecular formula is C23H23N5O3S. The van der Waals surface area contributed by atoms with Crippen LogP contribution in [-0.4, -0.2) is 47.9 Å². The van der Waals surface area contributed by atoms with Crippen LogP contribution in [0.4, 0.5) is 5.69 Å². The maximum atomic E-state index is 13.1. The highest BCUT2D eigenvalue weighted by Crippen LogP contribution is 2.30. The first-order valence-corrected chi connectivity index (χ1v) is 12.0. The number of hydrogen-bond acceptors (Lipinski definition) is 5. The van der Waals surface area contributed by atoms with Crippen LogP contribution < -0.4 is 5.32 Å². The number of piperidine rings is 1. The normalized spacial score (nSPS) is 19.3. The number of amides is 1. The largest absolute Gasteiger partial charge is 0.355 e. The Morgan fingerprint density at radius 2 is 1.91 bits per heavy atom. The molecule has 32 heavy (non-hydrogen) atoms. The number of amidine groups is 1. The first kappa shape index (κ1) is 20.4. The summed E-state index contributed by atoms with van der Waals surface area (Å²) in [7, 11) is -3.68. The fourth-order valence-electron chi connectivity index (χ4n) is 4.28. The second kappa shape index (κ2) is 8.23. The minimum atomic E-state index is -3.68. The monoisotopic (exact) mass is 449 g/mol. The van der Waals surface area contributed by atoms with Gasteiger partial charge in [-0.15, -0.1) is 4.40 Å². The van der Waals surface area contributed by atoms with Crippen LogP contribution in [0.2, 0.25) is 0 Å². The molecule has 0 aliphatic carbocycles. The number of hydrogen-bond donors (Lipinski definition) is 1. The Morgan fingerprint density at radius 1 is 1.09 bits per heavy atom. The van der Waals surface area contributed by atoms with Crippen molar-refractivity contribution in [3.8, 4) is 0 Å². The summed E-state index contributed by atoms with van der Waals surface area (Å²) in [5, 5.41) is 7.32. The number of fused-ring (bicyclic) bond motifs is 1. The van der Waals surface area contributed by atoms with Crippen molar-refractivity contribution >= 4 is 27.5 Å². The lowest BCUT2D eigenvalue weighted by Gasteiger charge is -2.33. The zero-order valence-corrected chi connectivity index (χ0v) is 18.2. The minimum absolute atomic E-state index is 0.0719. The van der Waals surface area contributed by atoms with Crippen molar-refractivity contribution in [1.82, 2.24) is 14.7 Å². The lowest BCUT2D eigenvalue weighted by Crippen LogP contribution is -2.43. The number of likely N-dealkylation sites (tertiary alicyclic amines) is 1. The highest BCUT2D eigenvalue weighted by atomic mass is 32.2. The van der Waals surface area contributed by atoms with Gasteiger partial charge in [-0.3, -0.25) is 9.48 Å². The molecule has 0 saturated carbocycles. The zero-order chi connectivity index (χ0) is 22.1. The van der Waals surface area contributed by atoms with E-state index in [0.29, 0.717) is 31.0 Å². The predicted octanol–water partition coefficient (Wildman–Crippen LogP) is 2.73. The molecule has 1 atom stereocenters. The Kier molecular flexibility index (Phi) is 5.26. The second-order valence-corrected chi connectivity index (χ2v) is 9.59. The molecule has 1 unspecified atom stereocenters. The molecule has 0 bridgehead atoms. The molecule has 1 N–H and O–H groups in total. The van der Waals surface area contributed by atoms with Gasteiger partial charge in [-0.25, -0.2) is 0 Å². The number of carbonyl (C=O) groups excluding carboxylic acids is 1. The molecule has 2 aliphatic rings. The number of benzene rings is 2. The fourth-order valence-corrected chi connectivity index (χ4v) is 5.51. The van der Waals surface area contributed by atoms with E-state index in [0.717, 1.165) is 24.1 Å². The maximum Gasteiger partial charge on any atom is 0.285 e. The molecule has 9 heteroatoms. The average Bonchev–Trinajstić information content (AvgIpc) is 3.41. The topological polar surface area (TPSA) is 96.7 Å². The van der Waals surface area contributed by atoms with E-state index in [9.17, 15) is 13.2 Å². The third-order valence-corrected chi connectivity index (χ3v) is 7.20. The smallest absolute Gasteiger partial charge is 0.285 e. The number of nitrogens with zero attached hydrogens (tertiary/aromatic N) is 4. The molecule has 1 saturated heterocycles. The summed E-state index contributed by atoms with van der Waals surface area (Å²) in [6.07, 6.45) is 5.13. The van der Waals surface area contributed by atoms with Crippen molar-refractivity contribution in [2.75, 3.05) is 18.4 Å². The summed E-state index contributed by atoms with van der Waals surface area (Å²) in [6.45, 7) is 1.66. The number of carbonyl (C=O) groups is 1. The molecule has 164 valence electrons. The summed E-state index contributed by atoms with van der Waals surface area (Å²) in [5.74, 6) is 0.106. The molecule has 1 amide bonds. The summed E-state index contributed by atoms with van der Waals surface area (Å²) < 4.78 is 30.7. The van der Waals surface area contributed by atoms with Crippen molar-refractivity contribution in [1.29, 1.82) is 0 Å². The van der Waals surface area contributed by atoms with Crippen molar-refractivity contribution in [2.24, 2.45) is 10.3 Å². The number of anilines is 1. The van der Waals surface area contributed by atoms with E-state index in [1.165, 1.54) is 0 Å². The molecule has 2 aromatic carbocycles. The van der Waals surface area contributed by atoms with E-state index < -0.39 is 10.0 Å². The Hall–Kier alpha value is -3.46. The Bertz CT molecular complexity index is 1280. The summed E-state index contributed by atoms with van der Waals surface area (Å²) in [5.41, 5.74) is 2.34. The van der Waals surface area contributed by atoms with Gasteiger partial charge in [0.2, 0.25) is 5.91 Å². The molecule has 1 aromatic heterocycles. The highest BCUT2D eigenvalue weighted by molar-refractivity contribution is 7.90. The summed E-state index contributed by atoms with van der Waals surface area (Å²) >= 11 is 0. The van der Waals surface area contributed by atoms with Crippen molar-refractivity contribution in [3.63, 3.8) is 0 Å². The number of nitrogens with one attached hydrogen (secondary N) is 1. The van der Waals surface area contributed by atoms with Gasteiger partial charge in [-0.05, 0) is 42.7 Å². The predicted molar refractivity (Wildman–Crippen MR) is 121 cm³/mol. The van der Waals surface area contributed by atoms with Gasteiger partial charge in [-0.1, -0.05) is 30.3 Å². The zero-order valence-electron chi connectivity index (χ0n) is 17.4. The highest BCUT2D eigenvalue weighted by Gasteiger charge is 2.35. The first-order valence-electron chi connectivity index (χ1n) is 10.6. The van der Waals surface area contributed by atoms with Gasteiger partial charge >= 0.3 is 0 Å². The number of rotatable bonds is 4. The number of sulfonamides is 1. The van der Waals surface area contributed by atoms with Crippen LogP contribution in [0.25, 0.3) is 0 Å². The van der Waals surface area contributed by atoms with Crippen LogP contribution in [0.1, 0.15) is 24.0 Å². The second-order valence-electron chi connectivity index (χ2n) is 8.02. The average molecular weight is 450 g/mol. The number of para-hydroxylation sites is 1. The van der Waals surface area contributed by atoms with Gasteiger partial charge in [0, 0.05) is 36.7 Å². The van der Waals surface area contributed by atoms with Crippen LogP contribution in [0.3, 0.4) is 0 Å². The molecule has 5 rings (SSSR count). The van der Waals surface area contributed by atoms with Gasteiger partial charge in [0.05, 0.1) is 12.5 Å². The third kappa shape index (κ3) is 3.91. The molecule has 0 radical (unpaired) electrons. The van der Waals surface area contributed by atoms with Crippen LogP contribution in [0, 0.1) is 5.92 Å². The van der Waals surface area contributed by atoms with E-state index in [-0.39, 0.29) is 16.7 Å². The standard InChI is InChI=1S/C23H23N5O3S/c29-23(25-20-10-3-1-7-17(20)16-28-14-6-12-24-28)18-8-5-13-27(15-18)22-19-9-2-4-11-21(19)32(30,31)26-22/h1-4,6-7,9-12,14,18H,5,8,13,15-16H2,(H,25,29). The van der Waals surface area contributed by atoms with Crippen LogP contribution in [0.15, 0.2) is 76.3 Å². The van der Waals surface area contributed by atoms with Gasteiger partial charge < -0.3 is 10.2 Å². The SMILES string of the molecule is O=C(Nc1ccccc1Cn1cccn1)C1CCCN(C2=NS(=O)(=O)c3ccccc32)C1. The summed E-state index contributed by atoms with van der Waals surface area (Å²) in [6, 6.07) is 16.4. The molecule has 8 nitrogen and oxygen atoms in total. The Morgan fingerprint density at radius 3 is 2.75 bits per heavy atom. The molecule has 1 fully saturated rings. The lowest BCUT2D eigenvalue weighted by atomic mass is 9.96. The molecule has 0 spiro atoms. The fraction of sp³-hybridized carbons (Fsp3) is 0.261. The number of aromatic nitrogens is 2. The van der Waals surface area contributed by atoms with Gasteiger partial charge in [0.15, 0.2) is 5.84 Å². The van der Waals surface area contributed by atoms with Crippen molar-refractivity contribution < 1.29 is 13.2 Å². The van der Waals surface area contributed by atoms with Crippen molar-refractivity contribution in [3.05, 3.63) is 78.1 Å². The first-order chi connectivity index (χ1) is 15.5.